The largest absolute Gasteiger partial charge is 0.384 e. The summed E-state index contributed by atoms with van der Waals surface area (Å²) in [6.07, 6.45) is 2.77. The molecule has 3 N–H and O–H groups in total. The molecule has 4 heteroatoms. The molecule has 0 saturated heterocycles. The Labute approximate surface area is 88.9 Å². The van der Waals surface area contributed by atoms with Crippen LogP contribution in [-0.2, 0) is 0 Å². The zero-order valence-corrected chi connectivity index (χ0v) is 8.73. The molecule has 0 radical (unpaired) electrons. The van der Waals surface area contributed by atoms with Crippen molar-refractivity contribution in [3.63, 3.8) is 0 Å². The Balaban J connectivity index is 1.90. The lowest BCUT2D eigenvalue weighted by Gasteiger charge is -2.04. The van der Waals surface area contributed by atoms with Gasteiger partial charge in [-0.25, -0.2) is 4.98 Å². The Morgan fingerprint density at radius 2 is 2.47 bits per heavy atom. The van der Waals surface area contributed by atoms with Crippen LogP contribution < -0.4 is 11.1 Å². The Hall–Kier alpha value is -1.58. The number of rotatable bonds is 3. The maximum absolute atomic E-state index is 11.6. The maximum atomic E-state index is 11.6. The molecule has 4 nitrogen and oxygen atoms in total. The molecule has 1 heterocycles. The van der Waals surface area contributed by atoms with Gasteiger partial charge < -0.3 is 11.1 Å². The number of nitrogens with zero attached hydrogens (tertiary/aromatic N) is 1. The predicted molar refractivity (Wildman–Crippen MR) is 58.3 cm³/mol. The smallest absolute Gasteiger partial charge is 0.251 e. The van der Waals surface area contributed by atoms with E-state index >= 15 is 0 Å². The first-order valence-electron chi connectivity index (χ1n) is 5.16. The van der Waals surface area contributed by atoms with E-state index < -0.39 is 0 Å². The van der Waals surface area contributed by atoms with Gasteiger partial charge >= 0.3 is 0 Å². The average Bonchev–Trinajstić information content (AvgIpc) is 2.91. The van der Waals surface area contributed by atoms with Crippen LogP contribution in [0.3, 0.4) is 0 Å². The molecule has 1 aromatic heterocycles. The zero-order chi connectivity index (χ0) is 10.8. The summed E-state index contributed by atoms with van der Waals surface area (Å²) in [6, 6.07) is 3.26. The lowest BCUT2D eigenvalue weighted by atomic mass is 10.2. The topological polar surface area (TPSA) is 68.0 Å². The van der Waals surface area contributed by atoms with E-state index in [0.29, 0.717) is 17.3 Å². The molecule has 1 aliphatic carbocycles. The number of amides is 1. The minimum Gasteiger partial charge on any atom is -0.384 e. The molecule has 2 atom stereocenters. The monoisotopic (exact) mass is 205 g/mol. The van der Waals surface area contributed by atoms with Gasteiger partial charge in [0.25, 0.3) is 5.91 Å². The van der Waals surface area contributed by atoms with Gasteiger partial charge in [-0.2, -0.15) is 0 Å². The molecule has 1 aliphatic rings. The van der Waals surface area contributed by atoms with E-state index in [9.17, 15) is 4.79 Å². The zero-order valence-electron chi connectivity index (χ0n) is 8.73. The minimum absolute atomic E-state index is 0.0665. The highest BCUT2D eigenvalue weighted by Gasteiger charge is 2.32. The van der Waals surface area contributed by atoms with Crippen molar-refractivity contribution < 1.29 is 4.79 Å². The normalized spacial score (nSPS) is 23.5. The van der Waals surface area contributed by atoms with Gasteiger partial charge in [0, 0.05) is 18.3 Å². The Morgan fingerprint density at radius 3 is 3.07 bits per heavy atom. The Bertz CT molecular complexity index is 378. The predicted octanol–water partition coefficient (Wildman–Crippen LogP) is 1.05. The van der Waals surface area contributed by atoms with Crippen LogP contribution in [0.5, 0.6) is 0 Å². The van der Waals surface area contributed by atoms with E-state index in [1.165, 1.54) is 6.42 Å². The number of nitrogens with two attached hydrogens (primary N) is 1. The number of hydrogen-bond donors (Lipinski definition) is 2. The van der Waals surface area contributed by atoms with Gasteiger partial charge in [-0.05, 0) is 30.4 Å². The third-order valence-electron chi connectivity index (χ3n) is 2.84. The number of carbonyl (C=O) groups is 1. The molecule has 0 bridgehead atoms. The van der Waals surface area contributed by atoms with E-state index in [-0.39, 0.29) is 5.91 Å². The van der Waals surface area contributed by atoms with Gasteiger partial charge in [0.15, 0.2) is 0 Å². The highest BCUT2D eigenvalue weighted by atomic mass is 16.1. The minimum atomic E-state index is -0.0665. The fourth-order valence-electron chi connectivity index (χ4n) is 1.60. The molecule has 0 aliphatic heterocycles. The second-order valence-electron chi connectivity index (χ2n) is 4.15. The van der Waals surface area contributed by atoms with E-state index in [4.69, 9.17) is 5.73 Å². The van der Waals surface area contributed by atoms with Crippen molar-refractivity contribution in [3.05, 3.63) is 23.9 Å². The van der Waals surface area contributed by atoms with E-state index in [0.717, 1.165) is 12.5 Å². The van der Waals surface area contributed by atoms with Crippen LogP contribution in [-0.4, -0.2) is 17.4 Å². The number of hydrogen-bond acceptors (Lipinski definition) is 3. The third kappa shape index (κ3) is 2.46. The number of nitrogens with one attached hydrogen (secondary N) is 1. The van der Waals surface area contributed by atoms with Gasteiger partial charge in [-0.3, -0.25) is 4.79 Å². The van der Waals surface area contributed by atoms with Gasteiger partial charge in [0.2, 0.25) is 0 Å². The molecular formula is C11H15N3O. The molecular weight excluding hydrogens is 190 g/mol. The van der Waals surface area contributed by atoms with Crippen LogP contribution in [0.2, 0.25) is 0 Å². The lowest BCUT2D eigenvalue weighted by Crippen LogP contribution is -2.26. The summed E-state index contributed by atoms with van der Waals surface area (Å²) in [4.78, 5) is 15.5. The fourth-order valence-corrected chi connectivity index (χ4v) is 1.60. The van der Waals surface area contributed by atoms with Crippen molar-refractivity contribution in [2.75, 3.05) is 12.3 Å². The molecule has 0 spiro atoms. The standard InChI is InChI=1S/C11H15N3O/c1-7-4-9(7)6-14-11(15)8-2-3-13-10(12)5-8/h2-3,5,7,9H,4,6H2,1H3,(H2,12,13)(H,14,15). The quantitative estimate of drug-likeness (QED) is 0.775. The summed E-state index contributed by atoms with van der Waals surface area (Å²) < 4.78 is 0. The van der Waals surface area contributed by atoms with Crippen LogP contribution in [0, 0.1) is 11.8 Å². The SMILES string of the molecule is CC1CC1CNC(=O)c1ccnc(N)c1. The van der Waals surface area contributed by atoms with Crippen molar-refractivity contribution in [1.29, 1.82) is 0 Å². The first kappa shape index (κ1) is 9.96. The molecule has 2 rings (SSSR count). The second kappa shape index (κ2) is 3.88. The summed E-state index contributed by atoms with van der Waals surface area (Å²) in [7, 11) is 0. The molecule has 1 aromatic rings. The van der Waals surface area contributed by atoms with Crippen LogP contribution in [0.1, 0.15) is 23.7 Å². The summed E-state index contributed by atoms with van der Waals surface area (Å²) in [5.41, 5.74) is 6.08. The van der Waals surface area contributed by atoms with Crippen molar-refractivity contribution in [1.82, 2.24) is 10.3 Å². The molecule has 15 heavy (non-hydrogen) atoms. The molecule has 80 valence electrons. The molecule has 1 amide bonds. The van der Waals surface area contributed by atoms with Gasteiger partial charge in [-0.15, -0.1) is 0 Å². The average molecular weight is 205 g/mol. The van der Waals surface area contributed by atoms with E-state index in [1.54, 1.807) is 18.3 Å². The van der Waals surface area contributed by atoms with Gasteiger partial charge in [0.05, 0.1) is 0 Å². The number of aromatic nitrogens is 1. The summed E-state index contributed by atoms with van der Waals surface area (Å²) in [6.45, 7) is 2.96. The number of pyridine rings is 1. The van der Waals surface area contributed by atoms with Crippen molar-refractivity contribution in [2.24, 2.45) is 11.8 Å². The van der Waals surface area contributed by atoms with Crippen LogP contribution in [0.25, 0.3) is 0 Å². The second-order valence-corrected chi connectivity index (χ2v) is 4.15. The van der Waals surface area contributed by atoms with Crippen molar-refractivity contribution in [3.8, 4) is 0 Å². The highest BCUT2D eigenvalue weighted by Crippen LogP contribution is 2.36. The molecule has 2 unspecified atom stereocenters. The van der Waals surface area contributed by atoms with Crippen molar-refractivity contribution >= 4 is 11.7 Å². The van der Waals surface area contributed by atoms with E-state index in [1.807, 2.05) is 0 Å². The Kier molecular flexibility index (Phi) is 2.58. The first-order chi connectivity index (χ1) is 7.16. The Morgan fingerprint density at radius 1 is 1.73 bits per heavy atom. The first-order valence-corrected chi connectivity index (χ1v) is 5.16. The molecule has 1 fully saturated rings. The number of anilines is 1. The van der Waals surface area contributed by atoms with Gasteiger partial charge in [-0.1, -0.05) is 6.92 Å². The number of nitrogen functional groups attached to an aromatic ring is 1. The summed E-state index contributed by atoms with van der Waals surface area (Å²) in [5, 5.41) is 2.90. The van der Waals surface area contributed by atoms with Crippen LogP contribution in [0.4, 0.5) is 5.82 Å². The van der Waals surface area contributed by atoms with Crippen molar-refractivity contribution in [2.45, 2.75) is 13.3 Å². The summed E-state index contributed by atoms with van der Waals surface area (Å²) >= 11 is 0. The summed E-state index contributed by atoms with van der Waals surface area (Å²) in [5.74, 6) is 1.73. The number of carbonyl (C=O) groups excluding carboxylic acids is 1. The van der Waals surface area contributed by atoms with Crippen LogP contribution >= 0.6 is 0 Å². The highest BCUT2D eigenvalue weighted by molar-refractivity contribution is 5.94. The molecule has 0 aromatic carbocycles. The van der Waals surface area contributed by atoms with Crippen LogP contribution in [0.15, 0.2) is 18.3 Å². The van der Waals surface area contributed by atoms with Gasteiger partial charge in [0.1, 0.15) is 5.82 Å². The third-order valence-corrected chi connectivity index (χ3v) is 2.84. The van der Waals surface area contributed by atoms with E-state index in [2.05, 4.69) is 17.2 Å². The maximum Gasteiger partial charge on any atom is 0.251 e. The molecule has 1 saturated carbocycles. The lowest BCUT2D eigenvalue weighted by molar-refractivity contribution is 0.0951. The fraction of sp³-hybridized carbons (Fsp3) is 0.455.